The minimum atomic E-state index is -3.52. The van der Waals surface area contributed by atoms with Crippen molar-refractivity contribution in [2.45, 2.75) is 24.6 Å². The molecule has 0 unspecified atom stereocenters. The van der Waals surface area contributed by atoms with E-state index in [0.29, 0.717) is 19.7 Å². The third-order valence-corrected chi connectivity index (χ3v) is 6.05. The minimum Gasteiger partial charge on any atom is -0.383 e. The SMILES string of the molecule is COCCN(C)C[C@@H]1CCCN1S(=O)(=O)Cc1ccccc1F. The van der Waals surface area contributed by atoms with Crippen LogP contribution in [0, 0.1) is 5.82 Å². The van der Waals surface area contributed by atoms with Crippen LogP contribution in [-0.2, 0) is 20.5 Å². The average Bonchev–Trinajstić information content (AvgIpc) is 2.96. The van der Waals surface area contributed by atoms with Crippen LogP contribution in [0.5, 0.6) is 0 Å². The van der Waals surface area contributed by atoms with E-state index in [0.717, 1.165) is 19.4 Å². The Morgan fingerprint density at radius 3 is 2.83 bits per heavy atom. The van der Waals surface area contributed by atoms with Crippen molar-refractivity contribution < 1.29 is 17.5 Å². The number of sulfonamides is 1. The second-order valence-corrected chi connectivity index (χ2v) is 7.93. The largest absolute Gasteiger partial charge is 0.383 e. The van der Waals surface area contributed by atoms with Gasteiger partial charge >= 0.3 is 0 Å². The van der Waals surface area contributed by atoms with Gasteiger partial charge in [-0.2, -0.15) is 4.31 Å². The summed E-state index contributed by atoms with van der Waals surface area (Å²) < 4.78 is 45.7. The fraction of sp³-hybridized carbons (Fsp3) is 0.625. The van der Waals surface area contributed by atoms with E-state index in [9.17, 15) is 12.8 Å². The highest BCUT2D eigenvalue weighted by atomic mass is 32.2. The zero-order valence-corrected chi connectivity index (χ0v) is 14.6. The number of hydrogen-bond acceptors (Lipinski definition) is 4. The van der Waals surface area contributed by atoms with Crippen LogP contribution in [0.3, 0.4) is 0 Å². The highest BCUT2D eigenvalue weighted by Crippen LogP contribution is 2.24. The van der Waals surface area contributed by atoms with Gasteiger partial charge in [-0.1, -0.05) is 18.2 Å². The number of likely N-dealkylation sites (N-methyl/N-ethyl adjacent to an activating group) is 1. The lowest BCUT2D eigenvalue weighted by Gasteiger charge is -2.28. The summed E-state index contributed by atoms with van der Waals surface area (Å²) in [5, 5.41) is 0. The molecule has 0 spiro atoms. The number of nitrogens with zero attached hydrogens (tertiary/aromatic N) is 2. The molecule has 0 saturated carbocycles. The molecule has 0 radical (unpaired) electrons. The topological polar surface area (TPSA) is 49.9 Å². The Bertz CT molecular complexity index is 609. The molecule has 1 aliphatic heterocycles. The van der Waals surface area contributed by atoms with Crippen molar-refractivity contribution in [1.82, 2.24) is 9.21 Å². The smallest absolute Gasteiger partial charge is 0.218 e. The standard InChI is InChI=1S/C16H25FN2O3S/c1-18(10-11-22-2)12-15-7-5-9-19(15)23(20,21)13-14-6-3-4-8-16(14)17/h3-4,6,8,15H,5,7,9-13H2,1-2H3/t15-/m0/s1. The molecule has 23 heavy (non-hydrogen) atoms. The minimum absolute atomic E-state index is 0.0476. The van der Waals surface area contributed by atoms with Gasteiger partial charge in [-0.25, -0.2) is 12.8 Å². The normalized spacial score (nSPS) is 19.6. The molecule has 1 aliphatic rings. The highest BCUT2D eigenvalue weighted by Gasteiger charge is 2.35. The third-order valence-electron chi connectivity index (χ3n) is 4.18. The number of methoxy groups -OCH3 is 1. The summed E-state index contributed by atoms with van der Waals surface area (Å²) in [4.78, 5) is 2.07. The summed E-state index contributed by atoms with van der Waals surface area (Å²) in [6, 6.07) is 6.00. The van der Waals surface area contributed by atoms with E-state index in [1.54, 1.807) is 23.5 Å². The fourth-order valence-corrected chi connectivity index (χ4v) is 4.78. The van der Waals surface area contributed by atoms with Gasteiger partial charge < -0.3 is 9.64 Å². The van der Waals surface area contributed by atoms with E-state index < -0.39 is 15.8 Å². The number of benzene rings is 1. The van der Waals surface area contributed by atoms with Crippen molar-refractivity contribution in [3.63, 3.8) is 0 Å². The van der Waals surface area contributed by atoms with Crippen LogP contribution in [0.15, 0.2) is 24.3 Å². The second-order valence-electron chi connectivity index (χ2n) is 6.01. The summed E-state index contributed by atoms with van der Waals surface area (Å²) in [6.07, 6.45) is 1.69. The van der Waals surface area contributed by atoms with Gasteiger partial charge in [-0.15, -0.1) is 0 Å². The summed E-state index contributed by atoms with van der Waals surface area (Å²) in [5.74, 6) is -0.748. The highest BCUT2D eigenvalue weighted by molar-refractivity contribution is 7.88. The van der Waals surface area contributed by atoms with Gasteiger partial charge in [0.2, 0.25) is 10.0 Å². The Morgan fingerprint density at radius 1 is 1.39 bits per heavy atom. The first-order chi connectivity index (χ1) is 10.9. The summed E-state index contributed by atoms with van der Waals surface area (Å²) in [6.45, 7) is 2.55. The zero-order chi connectivity index (χ0) is 16.9. The van der Waals surface area contributed by atoms with Gasteiger partial charge in [0.1, 0.15) is 5.82 Å². The number of hydrogen-bond donors (Lipinski definition) is 0. The lowest BCUT2D eigenvalue weighted by molar-refractivity contribution is 0.151. The van der Waals surface area contributed by atoms with E-state index in [4.69, 9.17) is 4.74 Å². The maximum atomic E-state index is 13.7. The Labute approximate surface area is 138 Å². The Hall–Kier alpha value is -1.02. The molecule has 1 saturated heterocycles. The summed E-state index contributed by atoms with van der Waals surface area (Å²) in [7, 11) is 0.0893. The van der Waals surface area contributed by atoms with Crippen molar-refractivity contribution in [2.75, 3.05) is 40.4 Å². The maximum absolute atomic E-state index is 13.7. The van der Waals surface area contributed by atoms with Gasteiger partial charge in [0.05, 0.1) is 12.4 Å². The molecule has 5 nitrogen and oxygen atoms in total. The molecule has 0 aliphatic carbocycles. The predicted molar refractivity (Wildman–Crippen MR) is 88.1 cm³/mol. The van der Waals surface area contributed by atoms with Crippen LogP contribution < -0.4 is 0 Å². The Balaban J connectivity index is 2.04. The molecule has 1 fully saturated rings. The maximum Gasteiger partial charge on any atom is 0.218 e. The molecule has 0 bridgehead atoms. The van der Waals surface area contributed by atoms with E-state index in [-0.39, 0.29) is 17.4 Å². The van der Waals surface area contributed by atoms with Gasteiger partial charge in [0, 0.05) is 38.3 Å². The zero-order valence-electron chi connectivity index (χ0n) is 13.7. The third kappa shape index (κ3) is 4.97. The molecule has 1 atom stereocenters. The number of halogens is 1. The van der Waals surface area contributed by atoms with Crippen molar-refractivity contribution in [2.24, 2.45) is 0 Å². The molecule has 7 heteroatoms. The number of ether oxygens (including phenoxy) is 1. The van der Waals surface area contributed by atoms with Crippen molar-refractivity contribution in [3.05, 3.63) is 35.6 Å². The molecule has 0 amide bonds. The lowest BCUT2D eigenvalue weighted by Crippen LogP contribution is -2.43. The van der Waals surface area contributed by atoms with E-state index >= 15 is 0 Å². The monoisotopic (exact) mass is 344 g/mol. The van der Waals surface area contributed by atoms with Crippen LogP contribution in [0.2, 0.25) is 0 Å². The quantitative estimate of drug-likeness (QED) is 0.720. The molecule has 0 aromatic heterocycles. The average molecular weight is 344 g/mol. The molecular formula is C16H25FN2O3S. The fourth-order valence-electron chi connectivity index (χ4n) is 2.95. The van der Waals surface area contributed by atoms with Gasteiger partial charge in [-0.05, 0) is 26.0 Å². The van der Waals surface area contributed by atoms with Crippen molar-refractivity contribution in [1.29, 1.82) is 0 Å². The molecule has 1 aromatic carbocycles. The van der Waals surface area contributed by atoms with E-state index in [1.807, 2.05) is 7.05 Å². The molecule has 1 heterocycles. The van der Waals surface area contributed by atoms with Crippen LogP contribution in [0.1, 0.15) is 18.4 Å². The lowest BCUT2D eigenvalue weighted by atomic mass is 10.2. The predicted octanol–water partition coefficient (Wildman–Crippen LogP) is 1.70. The first-order valence-corrected chi connectivity index (χ1v) is 9.45. The van der Waals surface area contributed by atoms with E-state index in [2.05, 4.69) is 4.90 Å². The van der Waals surface area contributed by atoms with Crippen molar-refractivity contribution >= 4 is 10.0 Å². The Kier molecular flexibility index (Phi) is 6.52. The molecule has 130 valence electrons. The second kappa shape index (κ2) is 8.19. The van der Waals surface area contributed by atoms with Crippen LogP contribution in [0.25, 0.3) is 0 Å². The van der Waals surface area contributed by atoms with Gasteiger partial charge in [0.15, 0.2) is 0 Å². The molecule has 2 rings (SSSR count). The molecule has 1 aromatic rings. The van der Waals surface area contributed by atoms with Gasteiger partial charge in [0.25, 0.3) is 0 Å². The summed E-state index contributed by atoms with van der Waals surface area (Å²) >= 11 is 0. The Morgan fingerprint density at radius 2 is 2.13 bits per heavy atom. The van der Waals surface area contributed by atoms with Gasteiger partial charge in [-0.3, -0.25) is 0 Å². The van der Waals surface area contributed by atoms with Crippen LogP contribution in [-0.4, -0.2) is 64.1 Å². The number of rotatable bonds is 8. The molecular weight excluding hydrogens is 319 g/mol. The van der Waals surface area contributed by atoms with Crippen LogP contribution in [0.4, 0.5) is 4.39 Å². The van der Waals surface area contributed by atoms with Crippen LogP contribution >= 0.6 is 0 Å². The first kappa shape index (κ1) is 18.3. The molecule has 0 N–H and O–H groups in total. The first-order valence-electron chi connectivity index (χ1n) is 7.84. The summed E-state index contributed by atoms with van der Waals surface area (Å²) in [5.41, 5.74) is 0.228. The van der Waals surface area contributed by atoms with Crippen molar-refractivity contribution in [3.8, 4) is 0 Å². The van der Waals surface area contributed by atoms with E-state index in [1.165, 1.54) is 12.1 Å².